The van der Waals surface area contributed by atoms with Crippen LogP contribution in [0.5, 0.6) is 0 Å². The molecule has 1 unspecified atom stereocenters. The largest absolute Gasteiger partial charge is 0.337 e. The Balaban J connectivity index is 1.86. The van der Waals surface area contributed by atoms with Crippen molar-refractivity contribution in [3.8, 4) is 11.5 Å². The van der Waals surface area contributed by atoms with Crippen molar-refractivity contribution in [2.24, 2.45) is 0 Å². The molecular formula is C11H11FN4O. The van der Waals surface area contributed by atoms with E-state index in [-0.39, 0.29) is 11.9 Å². The fraction of sp³-hybridized carbons (Fsp3) is 0.364. The first kappa shape index (κ1) is 10.3. The Kier molecular flexibility index (Phi) is 2.56. The van der Waals surface area contributed by atoms with Crippen LogP contribution in [0.3, 0.4) is 0 Å². The lowest BCUT2D eigenvalue weighted by Gasteiger charge is -2.01. The van der Waals surface area contributed by atoms with Crippen LogP contribution < -0.4 is 5.32 Å². The fourth-order valence-corrected chi connectivity index (χ4v) is 1.88. The van der Waals surface area contributed by atoms with E-state index in [1.165, 1.54) is 12.1 Å². The van der Waals surface area contributed by atoms with Gasteiger partial charge in [-0.1, -0.05) is 5.16 Å². The first-order valence-electron chi connectivity index (χ1n) is 5.52. The molecule has 88 valence electrons. The van der Waals surface area contributed by atoms with Crippen LogP contribution in [0.25, 0.3) is 11.5 Å². The third kappa shape index (κ3) is 2.03. The second-order valence-corrected chi connectivity index (χ2v) is 3.97. The number of halogens is 1. The Morgan fingerprint density at radius 2 is 2.35 bits per heavy atom. The first-order chi connectivity index (χ1) is 8.33. The van der Waals surface area contributed by atoms with Gasteiger partial charge in [0.25, 0.3) is 0 Å². The molecule has 3 heterocycles. The molecule has 6 heteroatoms. The van der Waals surface area contributed by atoms with Crippen LogP contribution in [-0.2, 0) is 0 Å². The average Bonchev–Trinajstić information content (AvgIpc) is 3.00. The van der Waals surface area contributed by atoms with Crippen molar-refractivity contribution < 1.29 is 8.91 Å². The number of aromatic nitrogens is 3. The molecule has 3 rings (SSSR count). The second kappa shape index (κ2) is 4.21. The number of hydrogen-bond donors (Lipinski definition) is 1. The second-order valence-electron chi connectivity index (χ2n) is 3.97. The lowest BCUT2D eigenvalue weighted by atomic mass is 10.2. The Morgan fingerprint density at radius 3 is 3.06 bits per heavy atom. The minimum absolute atomic E-state index is 0.136. The van der Waals surface area contributed by atoms with E-state index in [0.717, 1.165) is 25.6 Å². The summed E-state index contributed by atoms with van der Waals surface area (Å²) in [5.74, 6) is 0.590. The van der Waals surface area contributed by atoms with Gasteiger partial charge in [0.2, 0.25) is 11.7 Å². The summed E-state index contributed by atoms with van der Waals surface area (Å²) in [6.45, 7) is 0.969. The molecule has 0 amide bonds. The molecule has 1 fully saturated rings. The quantitative estimate of drug-likeness (QED) is 0.856. The maximum Gasteiger partial charge on any atom is 0.244 e. The molecule has 0 radical (unpaired) electrons. The molecule has 1 aliphatic rings. The van der Waals surface area contributed by atoms with Gasteiger partial charge in [-0.3, -0.25) is 0 Å². The SMILES string of the molecule is Fc1ccc(-c2noc(C3CCCN3)n2)nc1. The highest BCUT2D eigenvalue weighted by molar-refractivity contribution is 5.47. The van der Waals surface area contributed by atoms with E-state index in [0.29, 0.717) is 17.4 Å². The molecule has 1 atom stereocenters. The molecule has 0 aromatic carbocycles. The number of rotatable bonds is 2. The van der Waals surface area contributed by atoms with E-state index in [9.17, 15) is 4.39 Å². The molecule has 17 heavy (non-hydrogen) atoms. The van der Waals surface area contributed by atoms with Gasteiger partial charge in [0.05, 0.1) is 12.2 Å². The molecule has 0 saturated carbocycles. The van der Waals surface area contributed by atoms with E-state index in [1.54, 1.807) is 0 Å². The van der Waals surface area contributed by atoms with Crippen LogP contribution in [0.15, 0.2) is 22.9 Å². The number of nitrogens with one attached hydrogen (secondary N) is 1. The highest BCUT2D eigenvalue weighted by atomic mass is 19.1. The summed E-state index contributed by atoms with van der Waals surface area (Å²) in [6.07, 6.45) is 3.24. The van der Waals surface area contributed by atoms with Crippen LogP contribution in [0.4, 0.5) is 4.39 Å². The zero-order valence-electron chi connectivity index (χ0n) is 9.06. The monoisotopic (exact) mass is 234 g/mol. The van der Waals surface area contributed by atoms with E-state index < -0.39 is 0 Å². The van der Waals surface area contributed by atoms with Crippen molar-refractivity contribution in [1.82, 2.24) is 20.4 Å². The minimum Gasteiger partial charge on any atom is -0.337 e. The maximum atomic E-state index is 12.7. The van der Waals surface area contributed by atoms with Gasteiger partial charge in [0, 0.05) is 0 Å². The van der Waals surface area contributed by atoms with Crippen molar-refractivity contribution in [2.45, 2.75) is 18.9 Å². The van der Waals surface area contributed by atoms with Gasteiger partial charge in [0.1, 0.15) is 11.5 Å². The highest BCUT2D eigenvalue weighted by Gasteiger charge is 2.22. The summed E-state index contributed by atoms with van der Waals surface area (Å²) in [4.78, 5) is 8.18. The molecule has 1 aliphatic heterocycles. The van der Waals surface area contributed by atoms with E-state index in [1.807, 2.05) is 0 Å². The molecule has 1 N–H and O–H groups in total. The molecule has 1 saturated heterocycles. The molecule has 0 spiro atoms. The smallest absolute Gasteiger partial charge is 0.244 e. The lowest BCUT2D eigenvalue weighted by Crippen LogP contribution is -2.12. The Morgan fingerprint density at radius 1 is 1.41 bits per heavy atom. The molecule has 2 aromatic heterocycles. The molecule has 0 aliphatic carbocycles. The van der Waals surface area contributed by atoms with Gasteiger partial charge >= 0.3 is 0 Å². The van der Waals surface area contributed by atoms with Crippen LogP contribution in [0.2, 0.25) is 0 Å². The van der Waals surface area contributed by atoms with Gasteiger partial charge in [0.15, 0.2) is 0 Å². The molecule has 5 nitrogen and oxygen atoms in total. The summed E-state index contributed by atoms with van der Waals surface area (Å²) in [5, 5.41) is 7.12. The van der Waals surface area contributed by atoms with E-state index in [4.69, 9.17) is 4.52 Å². The van der Waals surface area contributed by atoms with Gasteiger partial charge in [-0.15, -0.1) is 0 Å². The van der Waals surface area contributed by atoms with Crippen LogP contribution >= 0.6 is 0 Å². The van der Waals surface area contributed by atoms with Crippen LogP contribution in [0, 0.1) is 5.82 Å². The third-order valence-electron chi connectivity index (χ3n) is 2.76. The van der Waals surface area contributed by atoms with Gasteiger partial charge in [-0.2, -0.15) is 4.98 Å². The predicted molar refractivity (Wildman–Crippen MR) is 57.5 cm³/mol. The van der Waals surface area contributed by atoms with Crippen LogP contribution in [0.1, 0.15) is 24.8 Å². The number of pyridine rings is 1. The minimum atomic E-state index is -0.380. The molecule has 0 bridgehead atoms. The third-order valence-corrected chi connectivity index (χ3v) is 2.76. The zero-order valence-corrected chi connectivity index (χ0v) is 9.06. The lowest BCUT2D eigenvalue weighted by molar-refractivity contribution is 0.345. The van der Waals surface area contributed by atoms with Crippen LogP contribution in [-0.4, -0.2) is 21.7 Å². The predicted octanol–water partition coefficient (Wildman–Crippen LogP) is 1.70. The standard InChI is InChI=1S/C11H11FN4O/c12-7-3-4-8(14-6-7)10-15-11(17-16-10)9-2-1-5-13-9/h3-4,6,9,13H,1-2,5H2. The van der Waals surface area contributed by atoms with E-state index in [2.05, 4.69) is 20.4 Å². The average molecular weight is 234 g/mol. The van der Waals surface area contributed by atoms with Crippen molar-refractivity contribution in [2.75, 3.05) is 6.54 Å². The Hall–Kier alpha value is -1.82. The van der Waals surface area contributed by atoms with Crippen molar-refractivity contribution in [3.63, 3.8) is 0 Å². The van der Waals surface area contributed by atoms with E-state index >= 15 is 0 Å². The summed E-state index contributed by atoms with van der Waals surface area (Å²) >= 11 is 0. The fourth-order valence-electron chi connectivity index (χ4n) is 1.88. The molecular weight excluding hydrogens is 223 g/mol. The van der Waals surface area contributed by atoms with Crippen molar-refractivity contribution in [1.29, 1.82) is 0 Å². The Labute approximate surface area is 97.1 Å². The van der Waals surface area contributed by atoms with Crippen molar-refractivity contribution in [3.05, 3.63) is 30.0 Å². The van der Waals surface area contributed by atoms with Gasteiger partial charge in [-0.05, 0) is 31.5 Å². The summed E-state index contributed by atoms with van der Waals surface area (Å²) in [7, 11) is 0. The normalized spacial score (nSPS) is 19.7. The molecule has 2 aromatic rings. The maximum absolute atomic E-state index is 12.7. The van der Waals surface area contributed by atoms with Crippen molar-refractivity contribution >= 4 is 0 Å². The summed E-state index contributed by atoms with van der Waals surface area (Å²) in [6, 6.07) is 3.00. The highest BCUT2D eigenvalue weighted by Crippen LogP contribution is 2.23. The summed E-state index contributed by atoms with van der Waals surface area (Å²) < 4.78 is 17.9. The Bertz CT molecular complexity index is 504. The van der Waals surface area contributed by atoms with Gasteiger partial charge < -0.3 is 9.84 Å². The van der Waals surface area contributed by atoms with Gasteiger partial charge in [-0.25, -0.2) is 9.37 Å². The number of hydrogen-bond acceptors (Lipinski definition) is 5. The zero-order chi connectivity index (χ0) is 11.7. The first-order valence-corrected chi connectivity index (χ1v) is 5.52. The summed E-state index contributed by atoms with van der Waals surface area (Å²) in [5.41, 5.74) is 0.513. The topological polar surface area (TPSA) is 63.8 Å². The number of nitrogens with zero attached hydrogens (tertiary/aromatic N) is 3.